The molecular formula is C39H56N6O6. The Morgan fingerprint density at radius 3 is 1.94 bits per heavy atom. The van der Waals surface area contributed by atoms with E-state index in [9.17, 15) is 29.1 Å². The van der Waals surface area contributed by atoms with Crippen LogP contribution in [0.25, 0.3) is 0 Å². The molecule has 2 heterocycles. The molecule has 4 rings (SSSR count). The molecule has 2 saturated heterocycles. The summed E-state index contributed by atoms with van der Waals surface area (Å²) in [4.78, 5) is 70.7. The van der Waals surface area contributed by atoms with Crippen LogP contribution in [0.3, 0.4) is 0 Å². The van der Waals surface area contributed by atoms with E-state index in [1.165, 1.54) is 0 Å². The summed E-state index contributed by atoms with van der Waals surface area (Å²) in [6.07, 6.45) is 4.17. The molecule has 0 saturated carbocycles. The molecule has 0 spiro atoms. The van der Waals surface area contributed by atoms with Gasteiger partial charge in [0, 0.05) is 37.5 Å². The van der Waals surface area contributed by atoms with Crippen LogP contribution in [0.5, 0.6) is 0 Å². The van der Waals surface area contributed by atoms with Crippen LogP contribution >= 0.6 is 0 Å². The van der Waals surface area contributed by atoms with Gasteiger partial charge in [-0.3, -0.25) is 28.9 Å². The lowest BCUT2D eigenvalue weighted by atomic mass is 9.88. The second kappa shape index (κ2) is 19.5. The van der Waals surface area contributed by atoms with E-state index in [-0.39, 0.29) is 55.0 Å². The second-order valence-electron chi connectivity index (χ2n) is 14.6. The zero-order chi connectivity index (χ0) is 36.9. The molecular weight excluding hydrogens is 648 g/mol. The van der Waals surface area contributed by atoms with Crippen molar-refractivity contribution in [1.82, 2.24) is 20.4 Å². The first-order chi connectivity index (χ1) is 24.4. The molecule has 6 atom stereocenters. The number of hydrogen-bond acceptors (Lipinski definition) is 8. The van der Waals surface area contributed by atoms with Crippen LogP contribution < -0.4 is 22.1 Å². The number of ketones is 1. The van der Waals surface area contributed by atoms with E-state index in [2.05, 4.69) is 10.6 Å². The van der Waals surface area contributed by atoms with Crippen LogP contribution in [0.1, 0.15) is 69.9 Å². The van der Waals surface area contributed by atoms with Crippen molar-refractivity contribution in [3.05, 3.63) is 71.8 Å². The molecule has 7 N–H and O–H groups in total. The maximum Gasteiger partial charge on any atom is 0.317 e. The minimum Gasteiger partial charge on any atom is -0.480 e. The smallest absolute Gasteiger partial charge is 0.317 e. The zero-order valence-electron chi connectivity index (χ0n) is 30.0. The maximum atomic E-state index is 14.1. The van der Waals surface area contributed by atoms with Gasteiger partial charge in [0.25, 0.3) is 0 Å². The van der Waals surface area contributed by atoms with Crippen LogP contribution in [-0.4, -0.2) is 101 Å². The van der Waals surface area contributed by atoms with Crippen molar-refractivity contribution in [2.75, 3.05) is 26.2 Å². The van der Waals surface area contributed by atoms with Gasteiger partial charge in [-0.25, -0.2) is 0 Å². The zero-order valence-corrected chi connectivity index (χ0v) is 30.0. The van der Waals surface area contributed by atoms with Crippen LogP contribution in [0, 0.1) is 11.8 Å². The highest BCUT2D eigenvalue weighted by molar-refractivity contribution is 5.95. The first-order valence-corrected chi connectivity index (χ1v) is 18.4. The van der Waals surface area contributed by atoms with Gasteiger partial charge in [-0.15, -0.1) is 0 Å². The Labute approximate surface area is 301 Å². The van der Waals surface area contributed by atoms with Gasteiger partial charge in [0.1, 0.15) is 6.04 Å². The highest BCUT2D eigenvalue weighted by Crippen LogP contribution is 2.31. The lowest BCUT2D eigenvalue weighted by Crippen LogP contribution is -2.61. The summed E-state index contributed by atoms with van der Waals surface area (Å²) in [6, 6.07) is 16.0. The van der Waals surface area contributed by atoms with Gasteiger partial charge < -0.3 is 32.1 Å². The first-order valence-electron chi connectivity index (χ1n) is 18.4. The number of piperazine rings is 1. The first kappa shape index (κ1) is 39.7. The highest BCUT2D eigenvalue weighted by Gasteiger charge is 2.45. The van der Waals surface area contributed by atoms with Gasteiger partial charge >= 0.3 is 5.97 Å². The van der Waals surface area contributed by atoms with E-state index in [0.717, 1.165) is 24.0 Å². The summed E-state index contributed by atoms with van der Waals surface area (Å²) in [5, 5.41) is 15.2. The number of benzene rings is 2. The summed E-state index contributed by atoms with van der Waals surface area (Å²) in [5.41, 5.74) is 13.8. The minimum absolute atomic E-state index is 0.0682. The molecule has 51 heavy (non-hydrogen) atoms. The van der Waals surface area contributed by atoms with E-state index < -0.39 is 35.9 Å². The van der Waals surface area contributed by atoms with E-state index in [1.807, 2.05) is 84.3 Å². The molecule has 278 valence electrons. The van der Waals surface area contributed by atoms with E-state index >= 15 is 0 Å². The Kier molecular flexibility index (Phi) is 15.1. The van der Waals surface area contributed by atoms with Crippen LogP contribution in [0.15, 0.2) is 60.7 Å². The second-order valence-corrected chi connectivity index (χ2v) is 14.6. The predicted octanol–water partition coefficient (Wildman–Crippen LogP) is 2.28. The molecule has 12 nitrogen and oxygen atoms in total. The van der Waals surface area contributed by atoms with Gasteiger partial charge in [-0.1, -0.05) is 74.5 Å². The van der Waals surface area contributed by atoms with Gasteiger partial charge in [0.05, 0.1) is 18.6 Å². The molecule has 3 amide bonds. The number of aliphatic carboxylic acids is 1. The number of rotatable bonds is 20. The number of carbonyl (C=O) groups is 5. The number of nitrogens with zero attached hydrogens (tertiary/aromatic N) is 2. The van der Waals surface area contributed by atoms with Crippen molar-refractivity contribution in [3.8, 4) is 0 Å². The molecule has 2 aliphatic heterocycles. The number of carboxylic acid groups (broad SMARTS) is 1. The summed E-state index contributed by atoms with van der Waals surface area (Å²) < 4.78 is 0. The quantitative estimate of drug-likeness (QED) is 0.129. The molecule has 2 fully saturated rings. The lowest BCUT2D eigenvalue weighted by Gasteiger charge is -2.42. The topological polar surface area (TPSA) is 188 Å². The molecule has 6 unspecified atom stereocenters. The average Bonchev–Trinajstić information content (AvgIpc) is 3.36. The number of likely N-dealkylation sites (tertiary alicyclic amines) is 1. The number of amides is 3. The number of hydrogen-bond donors (Lipinski definition) is 5. The Balaban J connectivity index is 1.49. The third kappa shape index (κ3) is 12.0. The molecule has 2 bridgehead atoms. The summed E-state index contributed by atoms with van der Waals surface area (Å²) in [5.74, 6) is -2.79. The monoisotopic (exact) mass is 704 g/mol. The SMILES string of the molecule is CC(C)CC(CC(=O)C(Cc1ccccc1)NC(=O)C(N)Cc1ccccc1)C(=O)NC(CCCCN)C(=O)N1C2CCC1CN(CC(=O)O)C2. The van der Waals surface area contributed by atoms with E-state index in [4.69, 9.17) is 11.5 Å². The third-order valence-electron chi connectivity index (χ3n) is 9.93. The van der Waals surface area contributed by atoms with Crippen molar-refractivity contribution in [1.29, 1.82) is 0 Å². The average molecular weight is 705 g/mol. The van der Waals surface area contributed by atoms with E-state index in [1.54, 1.807) is 0 Å². The van der Waals surface area contributed by atoms with Crippen LogP contribution in [0.2, 0.25) is 0 Å². The molecule has 0 aromatic heterocycles. The van der Waals surface area contributed by atoms with Gasteiger partial charge in [0.15, 0.2) is 5.78 Å². The number of unbranched alkanes of at least 4 members (excludes halogenated alkanes) is 1. The van der Waals surface area contributed by atoms with Crippen LogP contribution in [-0.2, 0) is 36.8 Å². The largest absolute Gasteiger partial charge is 0.480 e. The number of carboxylic acids is 1. The van der Waals surface area contributed by atoms with Crippen molar-refractivity contribution in [2.24, 2.45) is 23.3 Å². The van der Waals surface area contributed by atoms with Crippen molar-refractivity contribution < 1.29 is 29.1 Å². The highest BCUT2D eigenvalue weighted by atomic mass is 16.4. The summed E-state index contributed by atoms with van der Waals surface area (Å²) in [6.45, 7) is 5.31. The van der Waals surface area contributed by atoms with Crippen molar-refractivity contribution in [3.63, 3.8) is 0 Å². The predicted molar refractivity (Wildman–Crippen MR) is 195 cm³/mol. The molecule has 0 aliphatic carbocycles. The molecule has 12 heteroatoms. The fourth-order valence-electron chi connectivity index (χ4n) is 7.46. The van der Waals surface area contributed by atoms with Gasteiger partial charge in [-0.05, 0) is 75.0 Å². The summed E-state index contributed by atoms with van der Waals surface area (Å²) >= 11 is 0. The number of Topliss-reactive ketones (excluding diaryl/α,β-unsaturated/α-hetero) is 1. The standard InChI is InChI=1S/C39H56N6O6/c1-26(2)19-29(22-35(46)34(21-28-13-7-4-8-14-28)43-38(50)32(41)20-27-11-5-3-6-12-27)37(49)42-33(15-9-10-18-40)39(51)45-30-16-17-31(45)24-44(23-30)25-36(47)48/h3-8,11-14,26,29-34H,9-10,15-25,40-41H2,1-2H3,(H,42,49)(H,43,50)(H,47,48). The number of nitrogens with two attached hydrogens (primary N) is 2. The molecule has 2 aromatic carbocycles. The van der Waals surface area contributed by atoms with Gasteiger partial charge in [0.2, 0.25) is 17.7 Å². The Morgan fingerprint density at radius 1 is 0.824 bits per heavy atom. The number of fused-ring (bicyclic) bond motifs is 2. The van der Waals surface area contributed by atoms with Crippen molar-refractivity contribution >= 4 is 29.5 Å². The summed E-state index contributed by atoms with van der Waals surface area (Å²) in [7, 11) is 0. The van der Waals surface area contributed by atoms with Crippen LogP contribution in [0.4, 0.5) is 0 Å². The normalized spacial score (nSPS) is 19.6. The minimum atomic E-state index is -0.899. The fraction of sp³-hybridized carbons (Fsp3) is 0.564. The van der Waals surface area contributed by atoms with E-state index in [0.29, 0.717) is 51.7 Å². The third-order valence-corrected chi connectivity index (χ3v) is 9.93. The Bertz CT molecular complexity index is 1440. The number of carbonyl (C=O) groups excluding carboxylic acids is 4. The van der Waals surface area contributed by atoms with Gasteiger partial charge in [-0.2, -0.15) is 0 Å². The Hall–Kier alpha value is -4.13. The van der Waals surface area contributed by atoms with Crippen molar-refractivity contribution in [2.45, 2.75) is 102 Å². The fourth-order valence-corrected chi connectivity index (χ4v) is 7.46. The maximum absolute atomic E-state index is 14.1. The molecule has 2 aromatic rings. The molecule has 0 radical (unpaired) electrons. The Morgan fingerprint density at radius 2 is 1.39 bits per heavy atom. The number of nitrogens with one attached hydrogen (secondary N) is 2. The molecule has 2 aliphatic rings. The lowest BCUT2D eigenvalue weighted by molar-refractivity contribution is -0.144.